The summed E-state index contributed by atoms with van der Waals surface area (Å²) in [5.74, 6) is 0.547. The number of pyridine rings is 1. The molecule has 3 nitrogen and oxygen atoms in total. The van der Waals surface area contributed by atoms with E-state index in [4.69, 9.17) is 0 Å². The van der Waals surface area contributed by atoms with Crippen LogP contribution in [0, 0.1) is 5.92 Å². The predicted octanol–water partition coefficient (Wildman–Crippen LogP) is 2.05. The molecule has 0 spiro atoms. The maximum absolute atomic E-state index is 11.6. The first-order valence-corrected chi connectivity index (χ1v) is 5.68. The largest absolute Gasteiger partial charge is 0.350 e. The molecule has 1 aromatic heterocycles. The maximum atomic E-state index is 11.6. The summed E-state index contributed by atoms with van der Waals surface area (Å²) in [7, 11) is 0. The number of rotatable bonds is 4. The van der Waals surface area contributed by atoms with Crippen LogP contribution in [0.15, 0.2) is 36.5 Å². The lowest BCUT2D eigenvalue weighted by Crippen LogP contribution is -2.24. The highest BCUT2D eigenvalue weighted by Gasteiger charge is 2.13. The van der Waals surface area contributed by atoms with Gasteiger partial charge in [0.1, 0.15) is 0 Å². The number of nitrogens with one attached hydrogen (secondary N) is 1. The van der Waals surface area contributed by atoms with Crippen LogP contribution in [0.2, 0.25) is 0 Å². The molecule has 0 aromatic carbocycles. The van der Waals surface area contributed by atoms with Crippen molar-refractivity contribution in [2.75, 3.05) is 0 Å². The second kappa shape index (κ2) is 5.45. The molecule has 1 N–H and O–H groups in total. The average Bonchev–Trinajstić information content (AvgIpc) is 2.81. The van der Waals surface area contributed by atoms with Gasteiger partial charge in [-0.15, -0.1) is 0 Å². The normalized spacial score (nSPS) is 18.6. The van der Waals surface area contributed by atoms with E-state index in [0.29, 0.717) is 18.9 Å². The lowest BCUT2D eigenvalue weighted by molar-refractivity contribution is -0.121. The first-order chi connectivity index (χ1) is 7.84. The molecule has 1 heterocycles. The molecule has 1 atom stereocenters. The van der Waals surface area contributed by atoms with E-state index in [1.54, 1.807) is 6.20 Å². The van der Waals surface area contributed by atoms with Crippen LogP contribution in [0.4, 0.5) is 0 Å². The zero-order chi connectivity index (χ0) is 11.2. The van der Waals surface area contributed by atoms with Gasteiger partial charge in [-0.3, -0.25) is 9.78 Å². The molecule has 84 valence electrons. The van der Waals surface area contributed by atoms with Crippen molar-refractivity contribution in [3.8, 4) is 0 Å². The van der Waals surface area contributed by atoms with Gasteiger partial charge in [0.05, 0.1) is 12.2 Å². The Morgan fingerprint density at radius 1 is 1.50 bits per heavy atom. The van der Waals surface area contributed by atoms with Crippen LogP contribution >= 0.6 is 0 Å². The zero-order valence-corrected chi connectivity index (χ0v) is 9.23. The minimum absolute atomic E-state index is 0.113. The molecule has 2 rings (SSSR count). The number of carbonyl (C=O) groups excluding carboxylic acids is 1. The summed E-state index contributed by atoms with van der Waals surface area (Å²) in [6.45, 7) is 0.524. The lowest BCUT2D eigenvalue weighted by Gasteiger charge is -2.08. The van der Waals surface area contributed by atoms with E-state index in [0.717, 1.165) is 18.5 Å². The van der Waals surface area contributed by atoms with E-state index >= 15 is 0 Å². The van der Waals surface area contributed by atoms with Gasteiger partial charge in [-0.05, 0) is 30.9 Å². The number of carbonyl (C=O) groups is 1. The third kappa shape index (κ3) is 3.19. The van der Waals surface area contributed by atoms with E-state index in [-0.39, 0.29) is 5.91 Å². The van der Waals surface area contributed by atoms with Crippen molar-refractivity contribution in [1.29, 1.82) is 0 Å². The predicted molar refractivity (Wildman–Crippen MR) is 62.6 cm³/mol. The minimum Gasteiger partial charge on any atom is -0.350 e. The number of aromatic nitrogens is 1. The monoisotopic (exact) mass is 216 g/mol. The summed E-state index contributed by atoms with van der Waals surface area (Å²) >= 11 is 0. The number of nitrogens with zero attached hydrogens (tertiary/aromatic N) is 1. The third-order valence-corrected chi connectivity index (χ3v) is 2.75. The van der Waals surface area contributed by atoms with Crippen molar-refractivity contribution in [1.82, 2.24) is 10.3 Å². The van der Waals surface area contributed by atoms with E-state index in [2.05, 4.69) is 22.5 Å². The van der Waals surface area contributed by atoms with Crippen LogP contribution < -0.4 is 5.32 Å². The first-order valence-electron chi connectivity index (χ1n) is 5.68. The van der Waals surface area contributed by atoms with Gasteiger partial charge in [0, 0.05) is 12.6 Å². The van der Waals surface area contributed by atoms with Gasteiger partial charge in [0.15, 0.2) is 0 Å². The quantitative estimate of drug-likeness (QED) is 0.783. The zero-order valence-electron chi connectivity index (χ0n) is 9.23. The standard InChI is InChI=1S/C13H16N2O/c16-13(9-11-5-1-2-6-11)15-10-12-7-3-4-8-14-12/h1,3-5,7-8,11H,2,6,9-10H2,(H,15,16). The highest BCUT2D eigenvalue weighted by molar-refractivity contribution is 5.76. The Morgan fingerprint density at radius 2 is 2.44 bits per heavy atom. The second-order valence-electron chi connectivity index (χ2n) is 4.07. The van der Waals surface area contributed by atoms with Crippen LogP contribution in [-0.4, -0.2) is 10.9 Å². The molecule has 1 amide bonds. The molecule has 0 radical (unpaired) electrons. The average molecular weight is 216 g/mol. The van der Waals surface area contributed by atoms with Gasteiger partial charge in [0.2, 0.25) is 5.91 Å². The minimum atomic E-state index is 0.113. The van der Waals surface area contributed by atoms with Crippen molar-refractivity contribution < 1.29 is 4.79 Å². The highest BCUT2D eigenvalue weighted by Crippen LogP contribution is 2.19. The summed E-state index contributed by atoms with van der Waals surface area (Å²) in [4.78, 5) is 15.8. The molecule has 1 aliphatic rings. The highest BCUT2D eigenvalue weighted by atomic mass is 16.1. The van der Waals surface area contributed by atoms with Crippen LogP contribution in [0.25, 0.3) is 0 Å². The molecular formula is C13H16N2O. The topological polar surface area (TPSA) is 42.0 Å². The fraction of sp³-hybridized carbons (Fsp3) is 0.385. The first kappa shape index (κ1) is 10.9. The van der Waals surface area contributed by atoms with E-state index in [1.165, 1.54) is 0 Å². The molecular weight excluding hydrogens is 200 g/mol. The van der Waals surface area contributed by atoms with Crippen molar-refractivity contribution in [2.45, 2.75) is 25.8 Å². The summed E-state index contributed by atoms with van der Waals surface area (Å²) < 4.78 is 0. The third-order valence-electron chi connectivity index (χ3n) is 2.75. The Kier molecular flexibility index (Phi) is 3.70. The van der Waals surface area contributed by atoms with Crippen molar-refractivity contribution in [3.05, 3.63) is 42.2 Å². The lowest BCUT2D eigenvalue weighted by atomic mass is 10.1. The number of hydrogen-bond donors (Lipinski definition) is 1. The van der Waals surface area contributed by atoms with Gasteiger partial charge in [-0.2, -0.15) is 0 Å². The van der Waals surface area contributed by atoms with Crippen LogP contribution in [0.1, 0.15) is 25.0 Å². The molecule has 0 aliphatic heterocycles. The summed E-state index contributed by atoms with van der Waals surface area (Å²) in [5.41, 5.74) is 0.901. The van der Waals surface area contributed by atoms with Gasteiger partial charge in [0.25, 0.3) is 0 Å². The van der Waals surface area contributed by atoms with Crippen molar-refractivity contribution in [3.63, 3.8) is 0 Å². The van der Waals surface area contributed by atoms with Gasteiger partial charge < -0.3 is 5.32 Å². The van der Waals surface area contributed by atoms with Crippen LogP contribution in [0.3, 0.4) is 0 Å². The van der Waals surface area contributed by atoms with Crippen LogP contribution in [0.5, 0.6) is 0 Å². The molecule has 1 aliphatic carbocycles. The summed E-state index contributed by atoms with van der Waals surface area (Å²) in [5, 5.41) is 2.89. The Morgan fingerprint density at radius 3 is 3.12 bits per heavy atom. The van der Waals surface area contributed by atoms with Gasteiger partial charge >= 0.3 is 0 Å². The molecule has 1 unspecified atom stereocenters. The Bertz CT molecular complexity index is 373. The van der Waals surface area contributed by atoms with Crippen molar-refractivity contribution >= 4 is 5.91 Å². The van der Waals surface area contributed by atoms with E-state index < -0.39 is 0 Å². The molecule has 16 heavy (non-hydrogen) atoms. The smallest absolute Gasteiger partial charge is 0.220 e. The number of amides is 1. The molecule has 1 aromatic rings. The maximum Gasteiger partial charge on any atom is 0.220 e. The molecule has 0 saturated carbocycles. The number of hydrogen-bond acceptors (Lipinski definition) is 2. The fourth-order valence-electron chi connectivity index (χ4n) is 1.87. The van der Waals surface area contributed by atoms with Gasteiger partial charge in [-0.1, -0.05) is 18.2 Å². The molecule has 0 bridgehead atoms. The van der Waals surface area contributed by atoms with Crippen LogP contribution in [-0.2, 0) is 11.3 Å². The summed E-state index contributed by atoms with van der Waals surface area (Å²) in [6, 6.07) is 5.71. The Balaban J connectivity index is 1.73. The van der Waals surface area contributed by atoms with E-state index in [9.17, 15) is 4.79 Å². The molecule has 0 saturated heterocycles. The molecule has 0 fully saturated rings. The van der Waals surface area contributed by atoms with Gasteiger partial charge in [-0.25, -0.2) is 0 Å². The second-order valence-corrected chi connectivity index (χ2v) is 4.07. The summed E-state index contributed by atoms with van der Waals surface area (Å²) in [6.07, 6.45) is 8.84. The van der Waals surface area contributed by atoms with Crippen molar-refractivity contribution in [2.24, 2.45) is 5.92 Å². The Hall–Kier alpha value is -1.64. The Labute approximate surface area is 95.6 Å². The SMILES string of the molecule is O=C(CC1C=CCC1)NCc1ccccn1. The van der Waals surface area contributed by atoms with E-state index in [1.807, 2.05) is 18.2 Å². The fourth-order valence-corrected chi connectivity index (χ4v) is 1.87. The molecule has 3 heteroatoms. The number of allylic oxidation sites excluding steroid dienone is 2.